The zero-order valence-electron chi connectivity index (χ0n) is 11.7. The molecular formula is C14H18N4O2. The highest BCUT2D eigenvalue weighted by atomic mass is 16.5. The third kappa shape index (κ3) is 3.25. The largest absolute Gasteiger partial charge is 0.378 e. The molecule has 0 spiro atoms. The average Bonchev–Trinajstić information content (AvgIpc) is 2.49. The van der Waals surface area contributed by atoms with Crippen molar-refractivity contribution in [3.05, 3.63) is 23.4 Å². The fourth-order valence-corrected chi connectivity index (χ4v) is 2.06. The van der Waals surface area contributed by atoms with Crippen LogP contribution in [0.25, 0.3) is 0 Å². The second-order valence-corrected chi connectivity index (χ2v) is 4.78. The molecule has 0 bridgehead atoms. The Morgan fingerprint density at radius 3 is 2.85 bits per heavy atom. The van der Waals surface area contributed by atoms with Crippen molar-refractivity contribution in [3.8, 4) is 6.07 Å². The monoisotopic (exact) mass is 274 g/mol. The number of aryl methyl sites for hydroxylation is 1. The van der Waals surface area contributed by atoms with Gasteiger partial charge in [0.2, 0.25) is 5.91 Å². The van der Waals surface area contributed by atoms with Crippen molar-refractivity contribution in [2.75, 3.05) is 31.6 Å². The summed E-state index contributed by atoms with van der Waals surface area (Å²) < 4.78 is 5.23. The molecule has 1 aliphatic rings. The standard InChI is InChI=1S/C14H18N4O2/c1-10-3-4-13(17-12(10)9-15)16-11(2)14(19)18-5-7-20-8-6-18/h3-4,11H,5-8H2,1-2H3,(H,16,17). The predicted molar refractivity (Wildman–Crippen MR) is 74.2 cm³/mol. The van der Waals surface area contributed by atoms with Gasteiger partial charge in [-0.05, 0) is 25.5 Å². The summed E-state index contributed by atoms with van der Waals surface area (Å²) in [7, 11) is 0. The fourth-order valence-electron chi connectivity index (χ4n) is 2.06. The van der Waals surface area contributed by atoms with Crippen LogP contribution >= 0.6 is 0 Å². The number of ether oxygens (including phenoxy) is 1. The molecule has 1 aromatic rings. The van der Waals surface area contributed by atoms with Gasteiger partial charge in [0.05, 0.1) is 13.2 Å². The van der Waals surface area contributed by atoms with Crippen molar-refractivity contribution >= 4 is 11.7 Å². The van der Waals surface area contributed by atoms with Crippen molar-refractivity contribution in [2.24, 2.45) is 0 Å². The molecule has 6 nitrogen and oxygen atoms in total. The topological polar surface area (TPSA) is 78.2 Å². The van der Waals surface area contributed by atoms with Gasteiger partial charge in [-0.3, -0.25) is 4.79 Å². The van der Waals surface area contributed by atoms with Crippen LogP contribution in [0.3, 0.4) is 0 Å². The number of amides is 1. The quantitative estimate of drug-likeness (QED) is 0.886. The lowest BCUT2D eigenvalue weighted by atomic mass is 10.2. The van der Waals surface area contributed by atoms with Crippen molar-refractivity contribution in [3.63, 3.8) is 0 Å². The number of aromatic nitrogens is 1. The molecule has 0 aliphatic carbocycles. The smallest absolute Gasteiger partial charge is 0.244 e. The first-order valence-corrected chi connectivity index (χ1v) is 6.62. The number of anilines is 1. The number of hydrogen-bond donors (Lipinski definition) is 1. The molecule has 1 saturated heterocycles. The predicted octanol–water partition coefficient (Wildman–Crippen LogP) is 0.921. The first-order chi connectivity index (χ1) is 9.61. The summed E-state index contributed by atoms with van der Waals surface area (Å²) in [6.45, 7) is 6.04. The van der Waals surface area contributed by atoms with Crippen molar-refractivity contribution in [2.45, 2.75) is 19.9 Å². The molecule has 1 aliphatic heterocycles. The van der Waals surface area contributed by atoms with Crippen LogP contribution in [0, 0.1) is 18.3 Å². The zero-order chi connectivity index (χ0) is 14.5. The summed E-state index contributed by atoms with van der Waals surface area (Å²) in [5.74, 6) is 0.565. The fraction of sp³-hybridized carbons (Fsp3) is 0.500. The molecule has 20 heavy (non-hydrogen) atoms. The van der Waals surface area contributed by atoms with Gasteiger partial charge >= 0.3 is 0 Å². The lowest BCUT2D eigenvalue weighted by Gasteiger charge is -2.29. The number of hydrogen-bond acceptors (Lipinski definition) is 5. The number of nitrogens with zero attached hydrogens (tertiary/aromatic N) is 3. The third-order valence-electron chi connectivity index (χ3n) is 3.26. The Hall–Kier alpha value is -2.13. The molecule has 106 valence electrons. The number of carbonyl (C=O) groups is 1. The third-order valence-corrected chi connectivity index (χ3v) is 3.26. The molecule has 1 fully saturated rings. The van der Waals surface area contributed by atoms with Crippen LogP contribution in [-0.2, 0) is 9.53 Å². The molecule has 1 unspecified atom stereocenters. The molecule has 0 aromatic carbocycles. The van der Waals surface area contributed by atoms with E-state index in [0.29, 0.717) is 37.8 Å². The van der Waals surface area contributed by atoms with E-state index >= 15 is 0 Å². The Morgan fingerprint density at radius 1 is 1.50 bits per heavy atom. The van der Waals surface area contributed by atoms with Crippen LogP contribution in [-0.4, -0.2) is 48.1 Å². The van der Waals surface area contributed by atoms with E-state index in [4.69, 9.17) is 10.00 Å². The van der Waals surface area contributed by atoms with Crippen LogP contribution in [0.2, 0.25) is 0 Å². The van der Waals surface area contributed by atoms with Crippen LogP contribution in [0.4, 0.5) is 5.82 Å². The van der Waals surface area contributed by atoms with Gasteiger partial charge in [0.1, 0.15) is 23.6 Å². The first-order valence-electron chi connectivity index (χ1n) is 6.62. The van der Waals surface area contributed by atoms with Gasteiger partial charge in [-0.15, -0.1) is 0 Å². The van der Waals surface area contributed by atoms with Gasteiger partial charge in [0.15, 0.2) is 0 Å². The molecule has 2 rings (SSSR count). The van der Waals surface area contributed by atoms with Gasteiger partial charge in [-0.2, -0.15) is 5.26 Å². The summed E-state index contributed by atoms with van der Waals surface area (Å²) in [5.41, 5.74) is 1.20. The number of pyridine rings is 1. The number of rotatable bonds is 3. The van der Waals surface area contributed by atoms with E-state index in [2.05, 4.69) is 10.3 Å². The molecular weight excluding hydrogens is 256 g/mol. The van der Waals surface area contributed by atoms with E-state index in [1.165, 1.54) is 0 Å². The number of morpholine rings is 1. The van der Waals surface area contributed by atoms with Gasteiger partial charge in [-0.25, -0.2) is 4.98 Å². The molecule has 6 heteroatoms. The van der Waals surface area contributed by atoms with Crippen LogP contribution in [0.1, 0.15) is 18.2 Å². The Morgan fingerprint density at radius 2 is 2.20 bits per heavy atom. The summed E-state index contributed by atoms with van der Waals surface area (Å²) in [6.07, 6.45) is 0. The van der Waals surface area contributed by atoms with E-state index in [9.17, 15) is 4.79 Å². The number of nitrogens with one attached hydrogen (secondary N) is 1. The second kappa shape index (κ2) is 6.35. The lowest BCUT2D eigenvalue weighted by Crippen LogP contribution is -2.47. The average molecular weight is 274 g/mol. The Balaban J connectivity index is 2.02. The Labute approximate surface area is 118 Å². The molecule has 1 aromatic heterocycles. The first kappa shape index (κ1) is 14.3. The second-order valence-electron chi connectivity index (χ2n) is 4.78. The molecule has 1 amide bonds. The van der Waals surface area contributed by atoms with Gasteiger partial charge in [0, 0.05) is 13.1 Å². The molecule has 0 radical (unpaired) electrons. The maximum absolute atomic E-state index is 12.2. The maximum atomic E-state index is 12.2. The van der Waals surface area contributed by atoms with Crippen molar-refractivity contribution in [1.82, 2.24) is 9.88 Å². The van der Waals surface area contributed by atoms with E-state index < -0.39 is 0 Å². The van der Waals surface area contributed by atoms with Crippen molar-refractivity contribution < 1.29 is 9.53 Å². The highest BCUT2D eigenvalue weighted by Crippen LogP contribution is 2.11. The summed E-state index contributed by atoms with van der Waals surface area (Å²) in [5, 5.41) is 12.0. The number of nitriles is 1. The molecule has 2 heterocycles. The van der Waals surface area contributed by atoms with Crippen LogP contribution in [0.5, 0.6) is 0 Å². The molecule has 0 saturated carbocycles. The Bertz CT molecular complexity index is 532. The highest BCUT2D eigenvalue weighted by molar-refractivity contribution is 5.84. The van der Waals surface area contributed by atoms with E-state index in [0.717, 1.165) is 5.56 Å². The molecule has 1 N–H and O–H groups in total. The van der Waals surface area contributed by atoms with E-state index in [-0.39, 0.29) is 11.9 Å². The van der Waals surface area contributed by atoms with Crippen LogP contribution < -0.4 is 5.32 Å². The lowest BCUT2D eigenvalue weighted by molar-refractivity contribution is -0.135. The van der Waals surface area contributed by atoms with Crippen molar-refractivity contribution in [1.29, 1.82) is 5.26 Å². The summed E-state index contributed by atoms with van der Waals surface area (Å²) in [6, 6.07) is 5.26. The van der Waals surface area contributed by atoms with E-state index in [1.807, 2.05) is 19.1 Å². The number of carbonyl (C=O) groups excluding carboxylic acids is 1. The minimum Gasteiger partial charge on any atom is -0.378 e. The van der Waals surface area contributed by atoms with E-state index in [1.54, 1.807) is 17.9 Å². The minimum atomic E-state index is -0.380. The molecule has 1 atom stereocenters. The maximum Gasteiger partial charge on any atom is 0.244 e. The minimum absolute atomic E-state index is 0.0224. The summed E-state index contributed by atoms with van der Waals surface area (Å²) in [4.78, 5) is 18.2. The Kier molecular flexibility index (Phi) is 4.53. The zero-order valence-corrected chi connectivity index (χ0v) is 11.7. The SMILES string of the molecule is Cc1ccc(NC(C)C(=O)N2CCOCC2)nc1C#N. The van der Waals surface area contributed by atoms with Gasteiger partial charge in [0.25, 0.3) is 0 Å². The highest BCUT2D eigenvalue weighted by Gasteiger charge is 2.22. The van der Waals surface area contributed by atoms with Crippen LogP contribution in [0.15, 0.2) is 12.1 Å². The van der Waals surface area contributed by atoms with Gasteiger partial charge in [-0.1, -0.05) is 6.07 Å². The summed E-state index contributed by atoms with van der Waals surface area (Å²) >= 11 is 0. The van der Waals surface area contributed by atoms with Gasteiger partial charge < -0.3 is 15.0 Å². The normalized spacial score (nSPS) is 16.4.